The second-order valence-electron chi connectivity index (χ2n) is 5.08. The molecule has 0 spiro atoms. The number of halogens is 2. The summed E-state index contributed by atoms with van der Waals surface area (Å²) in [6, 6.07) is 4.70. The number of rotatable bonds is 4. The van der Waals surface area contributed by atoms with E-state index >= 15 is 0 Å². The number of carbonyl (C=O) groups is 1. The summed E-state index contributed by atoms with van der Waals surface area (Å²) in [5.41, 5.74) is 1.04. The Labute approximate surface area is 120 Å². The first kappa shape index (κ1) is 14.5. The van der Waals surface area contributed by atoms with Gasteiger partial charge in [0, 0.05) is 24.0 Å². The Bertz CT molecular complexity index is 467. The fourth-order valence-electron chi connectivity index (χ4n) is 2.60. The topological polar surface area (TPSA) is 40.5 Å². The summed E-state index contributed by atoms with van der Waals surface area (Å²) in [5, 5.41) is 8.85. The van der Waals surface area contributed by atoms with Gasteiger partial charge in [0.2, 0.25) is 0 Å². The highest BCUT2D eigenvalue weighted by Gasteiger charge is 2.22. The number of benzene rings is 1. The molecule has 1 aromatic rings. The zero-order valence-electron chi connectivity index (χ0n) is 10.6. The van der Waals surface area contributed by atoms with E-state index in [1.165, 1.54) is 12.1 Å². The molecule has 5 heteroatoms. The van der Waals surface area contributed by atoms with Crippen LogP contribution in [0.25, 0.3) is 0 Å². The van der Waals surface area contributed by atoms with Crippen LogP contribution >= 0.6 is 15.9 Å². The van der Waals surface area contributed by atoms with Gasteiger partial charge in [-0.25, -0.2) is 4.39 Å². The Morgan fingerprint density at radius 3 is 3.00 bits per heavy atom. The van der Waals surface area contributed by atoms with Crippen molar-refractivity contribution >= 4 is 21.9 Å². The number of hydrogen-bond donors (Lipinski definition) is 1. The van der Waals surface area contributed by atoms with Crippen molar-refractivity contribution < 1.29 is 14.3 Å². The molecule has 0 bridgehead atoms. The zero-order chi connectivity index (χ0) is 13.8. The van der Waals surface area contributed by atoms with Gasteiger partial charge in [-0.1, -0.05) is 22.0 Å². The molecule has 1 fully saturated rings. The van der Waals surface area contributed by atoms with Crippen LogP contribution in [0, 0.1) is 11.7 Å². The summed E-state index contributed by atoms with van der Waals surface area (Å²) in [4.78, 5) is 13.0. The molecule has 0 amide bonds. The van der Waals surface area contributed by atoms with Gasteiger partial charge in [0.15, 0.2) is 0 Å². The van der Waals surface area contributed by atoms with Gasteiger partial charge >= 0.3 is 5.97 Å². The van der Waals surface area contributed by atoms with E-state index in [-0.39, 0.29) is 18.2 Å². The van der Waals surface area contributed by atoms with Crippen LogP contribution in [0.1, 0.15) is 24.8 Å². The lowest BCUT2D eigenvalue weighted by Crippen LogP contribution is -2.35. The Morgan fingerprint density at radius 2 is 2.32 bits per heavy atom. The first-order valence-corrected chi connectivity index (χ1v) is 7.22. The molecule has 1 N–H and O–H groups in total. The summed E-state index contributed by atoms with van der Waals surface area (Å²) in [7, 11) is 0. The molecule has 19 heavy (non-hydrogen) atoms. The maximum atomic E-state index is 13.0. The van der Waals surface area contributed by atoms with Crippen molar-refractivity contribution in [1.82, 2.24) is 4.90 Å². The third kappa shape index (κ3) is 4.28. The van der Waals surface area contributed by atoms with Gasteiger partial charge in [-0.15, -0.1) is 0 Å². The van der Waals surface area contributed by atoms with Crippen molar-refractivity contribution in [3.8, 4) is 0 Å². The molecule has 0 aliphatic carbocycles. The first-order valence-electron chi connectivity index (χ1n) is 6.42. The Morgan fingerprint density at radius 1 is 1.53 bits per heavy atom. The summed E-state index contributed by atoms with van der Waals surface area (Å²) in [6.07, 6.45) is 2.24. The number of piperidine rings is 1. The van der Waals surface area contributed by atoms with Crippen LogP contribution in [0.5, 0.6) is 0 Å². The van der Waals surface area contributed by atoms with Gasteiger partial charge in [-0.3, -0.25) is 9.69 Å². The molecule has 1 aliphatic rings. The fourth-order valence-corrected chi connectivity index (χ4v) is 3.08. The van der Waals surface area contributed by atoms with Crippen LogP contribution in [0.2, 0.25) is 0 Å². The van der Waals surface area contributed by atoms with Crippen molar-refractivity contribution in [2.75, 3.05) is 13.1 Å². The largest absolute Gasteiger partial charge is 0.481 e. The third-order valence-corrected chi connectivity index (χ3v) is 4.21. The standard InChI is InChI=1S/C14H17BrFNO2/c15-13-7-12(16)4-3-11(13)9-17-5-1-2-10(8-17)6-14(18)19/h3-4,7,10H,1-2,5-6,8-9H2,(H,18,19). The highest BCUT2D eigenvalue weighted by Crippen LogP contribution is 2.24. The molecule has 3 nitrogen and oxygen atoms in total. The number of hydrogen-bond acceptors (Lipinski definition) is 2. The number of nitrogens with zero attached hydrogens (tertiary/aromatic N) is 1. The van der Waals surface area contributed by atoms with Crippen LogP contribution in [0.3, 0.4) is 0 Å². The average Bonchev–Trinajstić information content (AvgIpc) is 2.32. The molecule has 1 heterocycles. The smallest absolute Gasteiger partial charge is 0.303 e. The predicted molar refractivity (Wildman–Crippen MR) is 74.4 cm³/mol. The second-order valence-corrected chi connectivity index (χ2v) is 5.93. The Balaban J connectivity index is 1.96. The monoisotopic (exact) mass is 329 g/mol. The molecule has 2 rings (SSSR count). The maximum Gasteiger partial charge on any atom is 0.303 e. The van der Waals surface area contributed by atoms with Crippen LogP contribution in [0.15, 0.2) is 22.7 Å². The fraction of sp³-hybridized carbons (Fsp3) is 0.500. The number of aliphatic carboxylic acids is 1. The van der Waals surface area contributed by atoms with Gasteiger partial charge in [-0.05, 0) is 43.0 Å². The quantitative estimate of drug-likeness (QED) is 0.921. The van der Waals surface area contributed by atoms with Gasteiger partial charge in [0.25, 0.3) is 0 Å². The molecular weight excluding hydrogens is 313 g/mol. The molecule has 0 radical (unpaired) electrons. The average molecular weight is 330 g/mol. The summed E-state index contributed by atoms with van der Waals surface area (Å²) >= 11 is 3.37. The number of carboxylic acid groups (broad SMARTS) is 1. The molecule has 1 aromatic carbocycles. The molecular formula is C14H17BrFNO2. The van der Waals surface area contributed by atoms with Crippen LogP contribution < -0.4 is 0 Å². The number of likely N-dealkylation sites (tertiary alicyclic amines) is 1. The minimum absolute atomic E-state index is 0.227. The lowest BCUT2D eigenvalue weighted by molar-refractivity contribution is -0.138. The van der Waals surface area contributed by atoms with E-state index in [0.717, 1.165) is 42.5 Å². The van der Waals surface area contributed by atoms with Gasteiger partial charge in [0.05, 0.1) is 0 Å². The minimum Gasteiger partial charge on any atom is -0.481 e. The van der Waals surface area contributed by atoms with E-state index in [0.29, 0.717) is 0 Å². The molecule has 1 saturated heterocycles. The molecule has 0 aromatic heterocycles. The Hall–Kier alpha value is -0.940. The molecule has 1 aliphatic heterocycles. The van der Waals surface area contributed by atoms with Gasteiger partial charge in [0.1, 0.15) is 5.82 Å². The van der Waals surface area contributed by atoms with Crippen molar-refractivity contribution in [3.63, 3.8) is 0 Å². The lowest BCUT2D eigenvalue weighted by Gasteiger charge is -2.32. The first-order chi connectivity index (χ1) is 9.04. The van der Waals surface area contributed by atoms with Crippen LogP contribution in [-0.2, 0) is 11.3 Å². The minimum atomic E-state index is -0.727. The Kier molecular flexibility index (Phi) is 4.93. The summed E-state index contributed by atoms with van der Waals surface area (Å²) < 4.78 is 13.8. The van der Waals surface area contributed by atoms with E-state index in [1.807, 2.05) is 0 Å². The van der Waals surface area contributed by atoms with E-state index in [4.69, 9.17) is 5.11 Å². The molecule has 1 unspecified atom stereocenters. The van der Waals surface area contributed by atoms with Gasteiger partial charge in [-0.2, -0.15) is 0 Å². The highest BCUT2D eigenvalue weighted by atomic mass is 79.9. The van der Waals surface area contributed by atoms with E-state index in [1.54, 1.807) is 6.07 Å². The van der Waals surface area contributed by atoms with Crippen molar-refractivity contribution in [2.24, 2.45) is 5.92 Å². The SMILES string of the molecule is O=C(O)CC1CCCN(Cc2ccc(F)cc2Br)C1. The van der Waals surface area contributed by atoms with E-state index in [2.05, 4.69) is 20.8 Å². The van der Waals surface area contributed by atoms with E-state index in [9.17, 15) is 9.18 Å². The van der Waals surface area contributed by atoms with Crippen molar-refractivity contribution in [3.05, 3.63) is 34.1 Å². The summed E-state index contributed by atoms with van der Waals surface area (Å²) in [5.74, 6) is -0.752. The van der Waals surface area contributed by atoms with Gasteiger partial charge < -0.3 is 5.11 Å². The third-order valence-electron chi connectivity index (χ3n) is 3.48. The molecule has 104 valence electrons. The molecule has 1 atom stereocenters. The maximum absolute atomic E-state index is 13.0. The van der Waals surface area contributed by atoms with E-state index < -0.39 is 5.97 Å². The van der Waals surface area contributed by atoms with Crippen LogP contribution in [0.4, 0.5) is 4.39 Å². The molecule has 0 saturated carbocycles. The van der Waals surface area contributed by atoms with Crippen molar-refractivity contribution in [1.29, 1.82) is 0 Å². The number of carboxylic acids is 1. The van der Waals surface area contributed by atoms with Crippen molar-refractivity contribution in [2.45, 2.75) is 25.8 Å². The second kappa shape index (κ2) is 6.48. The summed E-state index contributed by atoms with van der Waals surface area (Å²) in [6.45, 7) is 2.51. The lowest BCUT2D eigenvalue weighted by atomic mass is 9.94. The highest BCUT2D eigenvalue weighted by molar-refractivity contribution is 9.10. The van der Waals surface area contributed by atoms with Crippen LogP contribution in [-0.4, -0.2) is 29.1 Å². The normalized spacial score (nSPS) is 20.4. The predicted octanol–water partition coefficient (Wildman–Crippen LogP) is 3.27. The zero-order valence-corrected chi connectivity index (χ0v) is 12.2.